The van der Waals surface area contributed by atoms with E-state index < -0.39 is 11.7 Å². The quantitative estimate of drug-likeness (QED) is 0.895. The predicted octanol–water partition coefficient (Wildman–Crippen LogP) is 2.24. The number of ketones is 1. The van der Waals surface area contributed by atoms with Crippen LogP contribution in [0.2, 0.25) is 0 Å². The first kappa shape index (κ1) is 15.5. The van der Waals surface area contributed by atoms with E-state index in [4.69, 9.17) is 4.74 Å². The normalized spacial score (nSPS) is 22.9. The molecular formula is C16H21NO4. The Morgan fingerprint density at radius 3 is 2.57 bits per heavy atom. The van der Waals surface area contributed by atoms with Gasteiger partial charge in [-0.15, -0.1) is 0 Å². The summed E-state index contributed by atoms with van der Waals surface area (Å²) >= 11 is 0. The van der Waals surface area contributed by atoms with Crippen LogP contribution in [0.1, 0.15) is 45.6 Å². The number of hydrogen-bond donors (Lipinski definition) is 2. The van der Waals surface area contributed by atoms with E-state index in [1.54, 1.807) is 32.0 Å². The number of anilines is 1. The van der Waals surface area contributed by atoms with E-state index in [-0.39, 0.29) is 24.0 Å². The van der Waals surface area contributed by atoms with Gasteiger partial charge in [0.1, 0.15) is 23.2 Å². The Hall–Kier alpha value is -1.88. The topological polar surface area (TPSA) is 75.6 Å². The Morgan fingerprint density at radius 1 is 1.33 bits per heavy atom. The summed E-state index contributed by atoms with van der Waals surface area (Å²) in [5.74, 6) is 0.143. The summed E-state index contributed by atoms with van der Waals surface area (Å²) in [6, 6.07) is 5.28. The van der Waals surface area contributed by atoms with Crippen molar-refractivity contribution in [3.63, 3.8) is 0 Å². The fraction of sp³-hybridized carbons (Fsp3) is 0.500. The molecule has 2 N–H and O–H groups in total. The van der Waals surface area contributed by atoms with E-state index in [1.807, 2.05) is 0 Å². The Kier molecular flexibility index (Phi) is 4.05. The van der Waals surface area contributed by atoms with Crippen LogP contribution in [-0.2, 0) is 9.59 Å². The molecule has 5 nitrogen and oxygen atoms in total. The van der Waals surface area contributed by atoms with Gasteiger partial charge in [0, 0.05) is 30.5 Å². The van der Waals surface area contributed by atoms with E-state index in [2.05, 4.69) is 5.32 Å². The number of fused-ring (bicyclic) bond motifs is 1. The molecule has 0 bridgehead atoms. The van der Waals surface area contributed by atoms with Crippen molar-refractivity contribution in [2.45, 2.75) is 51.7 Å². The first-order valence-electron chi connectivity index (χ1n) is 6.99. The molecule has 0 unspecified atom stereocenters. The van der Waals surface area contributed by atoms with E-state index in [0.717, 1.165) is 5.56 Å². The molecule has 1 aromatic carbocycles. The van der Waals surface area contributed by atoms with Crippen LogP contribution in [0.15, 0.2) is 18.2 Å². The highest BCUT2D eigenvalue weighted by Crippen LogP contribution is 2.43. The van der Waals surface area contributed by atoms with Gasteiger partial charge in [0.25, 0.3) is 0 Å². The van der Waals surface area contributed by atoms with Crippen molar-refractivity contribution in [2.75, 3.05) is 5.32 Å². The first-order chi connectivity index (χ1) is 9.70. The summed E-state index contributed by atoms with van der Waals surface area (Å²) < 4.78 is 5.83. The third-order valence-electron chi connectivity index (χ3n) is 3.70. The van der Waals surface area contributed by atoms with Crippen LogP contribution in [0.5, 0.6) is 5.75 Å². The second-order valence-corrected chi connectivity index (χ2v) is 6.10. The van der Waals surface area contributed by atoms with E-state index in [0.29, 0.717) is 11.4 Å². The largest absolute Gasteiger partial charge is 0.485 e. The molecule has 2 atom stereocenters. The van der Waals surface area contributed by atoms with Gasteiger partial charge in [-0.1, -0.05) is 0 Å². The molecule has 0 spiro atoms. The Balaban J connectivity index is 2.45. The molecule has 0 aromatic heterocycles. The average Bonchev–Trinajstić information content (AvgIpc) is 2.34. The summed E-state index contributed by atoms with van der Waals surface area (Å²) in [6.07, 6.45) is -0.550. The van der Waals surface area contributed by atoms with Crippen LogP contribution in [-0.4, -0.2) is 28.5 Å². The second kappa shape index (κ2) is 5.48. The molecule has 5 heteroatoms. The molecule has 1 heterocycles. The zero-order valence-corrected chi connectivity index (χ0v) is 12.8. The van der Waals surface area contributed by atoms with Crippen molar-refractivity contribution in [3.8, 4) is 5.75 Å². The van der Waals surface area contributed by atoms with Crippen LogP contribution in [0.3, 0.4) is 0 Å². The molecule has 1 aliphatic rings. The van der Waals surface area contributed by atoms with Crippen LogP contribution >= 0.6 is 0 Å². The number of amides is 1. The van der Waals surface area contributed by atoms with Crippen LogP contribution in [0.4, 0.5) is 5.69 Å². The molecular weight excluding hydrogens is 270 g/mol. The fourth-order valence-corrected chi connectivity index (χ4v) is 2.74. The molecule has 0 saturated carbocycles. The fourth-order valence-electron chi connectivity index (χ4n) is 2.74. The Labute approximate surface area is 124 Å². The number of nitrogens with one attached hydrogen (secondary N) is 1. The van der Waals surface area contributed by atoms with Crippen LogP contribution in [0.25, 0.3) is 0 Å². The van der Waals surface area contributed by atoms with E-state index >= 15 is 0 Å². The number of ether oxygens (including phenoxy) is 1. The van der Waals surface area contributed by atoms with Gasteiger partial charge in [0.05, 0.1) is 0 Å². The number of aliphatic hydroxyl groups is 1. The minimum Gasteiger partial charge on any atom is -0.485 e. The van der Waals surface area contributed by atoms with Crippen molar-refractivity contribution in [2.24, 2.45) is 0 Å². The zero-order valence-electron chi connectivity index (χ0n) is 12.8. The summed E-state index contributed by atoms with van der Waals surface area (Å²) in [5.41, 5.74) is 0.622. The number of carbonyl (C=O) groups is 2. The molecule has 114 valence electrons. The van der Waals surface area contributed by atoms with Gasteiger partial charge in [-0.3, -0.25) is 4.79 Å². The standard InChI is InChI=1S/C16H21NO4/c1-9(18)7-13-12-8-11(17-10(2)19)5-6-14(12)21-16(3,4)15(13)20/h5-6,8,13,15,20H,7H2,1-4H3,(H,17,19)/t13-,15+/m1/s1. The Morgan fingerprint density at radius 2 is 2.00 bits per heavy atom. The number of Topliss-reactive ketones (excluding diaryl/α,β-unsaturated/α-hetero) is 1. The number of benzene rings is 1. The number of carbonyl (C=O) groups excluding carboxylic acids is 2. The van der Waals surface area contributed by atoms with Crippen molar-refractivity contribution in [1.29, 1.82) is 0 Å². The highest BCUT2D eigenvalue weighted by Gasteiger charge is 2.43. The van der Waals surface area contributed by atoms with Crippen molar-refractivity contribution in [1.82, 2.24) is 0 Å². The minimum atomic E-state index is -0.790. The lowest BCUT2D eigenvalue weighted by atomic mass is 9.79. The maximum Gasteiger partial charge on any atom is 0.221 e. The van der Waals surface area contributed by atoms with Crippen LogP contribution in [0, 0.1) is 0 Å². The predicted molar refractivity (Wildman–Crippen MR) is 79.5 cm³/mol. The summed E-state index contributed by atoms with van der Waals surface area (Å²) in [5, 5.41) is 13.2. The molecule has 21 heavy (non-hydrogen) atoms. The number of rotatable bonds is 3. The summed E-state index contributed by atoms with van der Waals surface area (Å²) in [6.45, 7) is 6.54. The highest BCUT2D eigenvalue weighted by atomic mass is 16.5. The van der Waals surface area contributed by atoms with Crippen molar-refractivity contribution < 1.29 is 19.4 Å². The van der Waals surface area contributed by atoms with Crippen molar-refractivity contribution in [3.05, 3.63) is 23.8 Å². The third kappa shape index (κ3) is 3.24. The molecule has 0 radical (unpaired) electrons. The summed E-state index contributed by atoms with van der Waals surface area (Å²) in [4.78, 5) is 22.7. The molecule has 1 aromatic rings. The Bertz CT molecular complexity index is 580. The zero-order chi connectivity index (χ0) is 15.8. The van der Waals surface area contributed by atoms with Gasteiger partial charge in [-0.2, -0.15) is 0 Å². The average molecular weight is 291 g/mol. The monoisotopic (exact) mass is 291 g/mol. The van der Waals surface area contributed by atoms with Gasteiger partial charge in [-0.25, -0.2) is 0 Å². The van der Waals surface area contributed by atoms with E-state index in [9.17, 15) is 14.7 Å². The maximum absolute atomic E-state index is 11.5. The lowest BCUT2D eigenvalue weighted by Gasteiger charge is -2.42. The molecule has 0 aliphatic carbocycles. The lowest BCUT2D eigenvalue weighted by molar-refractivity contribution is -0.120. The van der Waals surface area contributed by atoms with Gasteiger partial charge >= 0.3 is 0 Å². The molecule has 2 rings (SSSR count). The molecule has 0 fully saturated rings. The third-order valence-corrected chi connectivity index (χ3v) is 3.70. The first-order valence-corrected chi connectivity index (χ1v) is 6.99. The van der Waals surface area contributed by atoms with Gasteiger partial charge in [0.2, 0.25) is 5.91 Å². The minimum absolute atomic E-state index is 0.00706. The lowest BCUT2D eigenvalue weighted by Crippen LogP contribution is -2.49. The molecule has 0 saturated heterocycles. The SMILES string of the molecule is CC(=O)C[C@@H]1c2cc(NC(C)=O)ccc2OC(C)(C)[C@H]1O. The molecule has 1 aliphatic heterocycles. The van der Waals surface area contributed by atoms with Crippen molar-refractivity contribution >= 4 is 17.4 Å². The van der Waals surface area contributed by atoms with Gasteiger partial charge in [0.15, 0.2) is 0 Å². The van der Waals surface area contributed by atoms with E-state index in [1.165, 1.54) is 13.8 Å². The van der Waals surface area contributed by atoms with Crippen LogP contribution < -0.4 is 10.1 Å². The smallest absolute Gasteiger partial charge is 0.221 e. The van der Waals surface area contributed by atoms with Gasteiger partial charge < -0.3 is 20.0 Å². The molecule has 1 amide bonds. The van der Waals surface area contributed by atoms with Gasteiger partial charge in [-0.05, 0) is 39.0 Å². The number of hydrogen-bond acceptors (Lipinski definition) is 4. The summed E-state index contributed by atoms with van der Waals surface area (Å²) in [7, 11) is 0. The second-order valence-electron chi connectivity index (χ2n) is 6.10. The number of aliphatic hydroxyl groups excluding tert-OH is 1. The maximum atomic E-state index is 11.5. The highest BCUT2D eigenvalue weighted by molar-refractivity contribution is 5.89.